The van der Waals surface area contributed by atoms with E-state index in [1.54, 1.807) is 0 Å². The Morgan fingerprint density at radius 3 is 2.90 bits per heavy atom. The summed E-state index contributed by atoms with van der Waals surface area (Å²) in [6.45, 7) is 2.00. The Balaban J connectivity index is 2.88. The maximum Gasteiger partial charge on any atom is 0.138 e. The number of hydrogen-bond acceptors (Lipinski definition) is 0. The van der Waals surface area contributed by atoms with Gasteiger partial charge in [0.15, 0.2) is 0 Å². The Labute approximate surface area is 72.9 Å². The summed E-state index contributed by atoms with van der Waals surface area (Å²) < 4.78 is 13.5. The molecule has 1 atom stereocenters. The van der Waals surface area contributed by atoms with Crippen molar-refractivity contribution in [2.24, 2.45) is 5.92 Å². The van der Waals surface area contributed by atoms with E-state index in [0.29, 0.717) is 17.4 Å². The molecule has 1 unspecified atom stereocenters. The highest BCUT2D eigenvalue weighted by atomic mass is 79.9. The lowest BCUT2D eigenvalue weighted by atomic mass is 10.0. The van der Waals surface area contributed by atoms with Crippen LogP contribution < -0.4 is 0 Å². The van der Waals surface area contributed by atoms with Crippen molar-refractivity contribution in [2.45, 2.75) is 13.3 Å². The van der Waals surface area contributed by atoms with Gasteiger partial charge in [-0.15, -0.1) is 0 Å². The predicted octanol–water partition coefficient (Wildman–Crippen LogP) is 3.72. The molecule has 1 rings (SSSR count). The van der Waals surface area contributed by atoms with Gasteiger partial charge in [0.05, 0.1) is 5.03 Å². The number of allylic oxidation sites excluding steroid dienone is 4. The first-order valence-corrected chi connectivity index (χ1v) is 4.19. The molecule has 0 aromatic carbocycles. The first-order chi connectivity index (χ1) is 4.61. The van der Waals surface area contributed by atoms with Crippen LogP contribution in [0.5, 0.6) is 0 Å². The van der Waals surface area contributed by atoms with Crippen LogP contribution in [0.15, 0.2) is 21.4 Å². The molecule has 0 aliphatic heterocycles. The van der Waals surface area contributed by atoms with E-state index in [1.807, 2.05) is 6.92 Å². The van der Waals surface area contributed by atoms with Gasteiger partial charge in [-0.1, -0.05) is 34.5 Å². The highest BCUT2D eigenvalue weighted by Gasteiger charge is 2.16. The van der Waals surface area contributed by atoms with Gasteiger partial charge in [-0.05, 0) is 18.4 Å². The standard InChI is InChI=1S/C7H7BrClF/c1-4-2-6(9)7(10)3-5(4)8/h3-4H,2H2,1H3. The van der Waals surface area contributed by atoms with Gasteiger partial charge < -0.3 is 0 Å². The Bertz CT molecular complexity index is 208. The van der Waals surface area contributed by atoms with E-state index in [-0.39, 0.29) is 5.83 Å². The van der Waals surface area contributed by atoms with E-state index in [2.05, 4.69) is 15.9 Å². The molecule has 0 spiro atoms. The highest BCUT2D eigenvalue weighted by molar-refractivity contribution is 9.11. The zero-order valence-electron chi connectivity index (χ0n) is 5.50. The van der Waals surface area contributed by atoms with Gasteiger partial charge in [0, 0.05) is 4.48 Å². The fraction of sp³-hybridized carbons (Fsp3) is 0.429. The van der Waals surface area contributed by atoms with Crippen molar-refractivity contribution in [2.75, 3.05) is 0 Å². The second-order valence-corrected chi connectivity index (χ2v) is 3.76. The molecule has 0 saturated carbocycles. The average Bonchev–Trinajstić information content (AvgIpc) is 1.84. The van der Waals surface area contributed by atoms with E-state index >= 15 is 0 Å². The lowest BCUT2D eigenvalue weighted by Gasteiger charge is -2.14. The molecule has 10 heavy (non-hydrogen) atoms. The highest BCUT2D eigenvalue weighted by Crippen LogP contribution is 2.34. The van der Waals surface area contributed by atoms with Crippen LogP contribution in [-0.4, -0.2) is 0 Å². The molecular weight excluding hydrogens is 218 g/mol. The van der Waals surface area contributed by atoms with Gasteiger partial charge in [0.25, 0.3) is 0 Å². The summed E-state index contributed by atoms with van der Waals surface area (Å²) in [7, 11) is 0. The van der Waals surface area contributed by atoms with Crippen LogP contribution in [0.2, 0.25) is 0 Å². The molecule has 0 fully saturated rings. The second kappa shape index (κ2) is 3.05. The van der Waals surface area contributed by atoms with Gasteiger partial charge >= 0.3 is 0 Å². The number of halogens is 3. The van der Waals surface area contributed by atoms with Gasteiger partial charge in [0.1, 0.15) is 5.83 Å². The summed E-state index contributed by atoms with van der Waals surface area (Å²) in [6, 6.07) is 0. The largest absolute Gasteiger partial charge is 0.206 e. The molecule has 1 aliphatic carbocycles. The van der Waals surface area contributed by atoms with Crippen molar-refractivity contribution < 1.29 is 4.39 Å². The van der Waals surface area contributed by atoms with E-state index in [9.17, 15) is 4.39 Å². The van der Waals surface area contributed by atoms with Crippen molar-refractivity contribution in [3.63, 3.8) is 0 Å². The maximum atomic E-state index is 12.6. The third-order valence-electron chi connectivity index (χ3n) is 1.48. The Kier molecular flexibility index (Phi) is 2.53. The molecule has 0 saturated heterocycles. The van der Waals surface area contributed by atoms with Gasteiger partial charge in [0.2, 0.25) is 0 Å². The molecule has 0 amide bonds. The van der Waals surface area contributed by atoms with Crippen LogP contribution >= 0.6 is 27.5 Å². The lowest BCUT2D eigenvalue weighted by Crippen LogP contribution is -2.00. The Hall–Kier alpha value is 0.180. The zero-order chi connectivity index (χ0) is 7.72. The summed E-state index contributed by atoms with van der Waals surface area (Å²) in [5.74, 6) is -0.00126. The monoisotopic (exact) mass is 224 g/mol. The summed E-state index contributed by atoms with van der Waals surface area (Å²) >= 11 is 8.82. The quantitative estimate of drug-likeness (QED) is 0.589. The molecule has 0 nitrogen and oxygen atoms in total. The Morgan fingerprint density at radius 2 is 2.40 bits per heavy atom. The Morgan fingerprint density at radius 1 is 1.80 bits per heavy atom. The van der Waals surface area contributed by atoms with Crippen LogP contribution in [0.4, 0.5) is 4.39 Å². The molecule has 0 N–H and O–H groups in total. The van der Waals surface area contributed by atoms with E-state index in [1.165, 1.54) is 6.08 Å². The molecule has 0 bridgehead atoms. The number of rotatable bonds is 0. The van der Waals surface area contributed by atoms with Crippen LogP contribution in [0.1, 0.15) is 13.3 Å². The molecule has 0 heterocycles. The van der Waals surface area contributed by atoms with Crippen molar-refractivity contribution >= 4 is 27.5 Å². The van der Waals surface area contributed by atoms with E-state index in [4.69, 9.17) is 11.6 Å². The molecular formula is C7H7BrClF. The van der Waals surface area contributed by atoms with Crippen molar-refractivity contribution in [3.05, 3.63) is 21.4 Å². The normalized spacial score (nSPS) is 26.8. The van der Waals surface area contributed by atoms with Crippen molar-refractivity contribution in [1.82, 2.24) is 0 Å². The first-order valence-electron chi connectivity index (χ1n) is 3.02. The van der Waals surface area contributed by atoms with Crippen LogP contribution in [0, 0.1) is 5.92 Å². The minimum absolute atomic E-state index is 0.312. The van der Waals surface area contributed by atoms with Crippen LogP contribution in [0.3, 0.4) is 0 Å². The molecule has 0 aromatic rings. The third-order valence-corrected chi connectivity index (χ3v) is 2.83. The number of hydrogen-bond donors (Lipinski definition) is 0. The van der Waals surface area contributed by atoms with E-state index < -0.39 is 0 Å². The SMILES string of the molecule is CC1CC(Cl)=C(F)C=C1Br. The van der Waals surface area contributed by atoms with Gasteiger partial charge in [-0.25, -0.2) is 4.39 Å². The predicted molar refractivity (Wildman–Crippen MR) is 44.8 cm³/mol. The molecule has 0 radical (unpaired) electrons. The summed E-state index contributed by atoms with van der Waals surface area (Å²) in [5.41, 5.74) is 0. The summed E-state index contributed by atoms with van der Waals surface area (Å²) in [6.07, 6.45) is 2.03. The topological polar surface area (TPSA) is 0 Å². The zero-order valence-corrected chi connectivity index (χ0v) is 7.84. The first kappa shape index (κ1) is 8.28. The summed E-state index contributed by atoms with van der Waals surface area (Å²) in [5, 5.41) is 0.329. The third kappa shape index (κ3) is 1.61. The van der Waals surface area contributed by atoms with Crippen LogP contribution in [0.25, 0.3) is 0 Å². The summed E-state index contributed by atoms with van der Waals surface area (Å²) in [4.78, 5) is 0. The average molecular weight is 225 g/mol. The van der Waals surface area contributed by atoms with Gasteiger partial charge in [-0.3, -0.25) is 0 Å². The van der Waals surface area contributed by atoms with Crippen molar-refractivity contribution in [3.8, 4) is 0 Å². The fourth-order valence-electron chi connectivity index (χ4n) is 0.805. The molecule has 56 valence electrons. The molecule has 1 aliphatic rings. The smallest absolute Gasteiger partial charge is 0.138 e. The minimum atomic E-state index is -0.313. The van der Waals surface area contributed by atoms with Crippen molar-refractivity contribution in [1.29, 1.82) is 0 Å². The minimum Gasteiger partial charge on any atom is -0.206 e. The fourth-order valence-corrected chi connectivity index (χ4v) is 1.45. The van der Waals surface area contributed by atoms with E-state index in [0.717, 1.165) is 4.48 Å². The van der Waals surface area contributed by atoms with Gasteiger partial charge in [-0.2, -0.15) is 0 Å². The lowest BCUT2D eigenvalue weighted by molar-refractivity contribution is 0.614. The molecule has 3 heteroatoms. The second-order valence-electron chi connectivity index (χ2n) is 2.39. The van der Waals surface area contributed by atoms with Crippen LogP contribution in [-0.2, 0) is 0 Å². The molecule has 0 aromatic heterocycles. The maximum absolute atomic E-state index is 12.6.